The summed E-state index contributed by atoms with van der Waals surface area (Å²) in [5.74, 6) is -0.970. The Morgan fingerprint density at radius 3 is 2.72 bits per heavy atom. The first-order chi connectivity index (χ1) is 8.29. The van der Waals surface area contributed by atoms with E-state index in [1.165, 1.54) is 12.1 Å². The summed E-state index contributed by atoms with van der Waals surface area (Å²) in [5.41, 5.74) is -0.169. The van der Waals surface area contributed by atoms with E-state index in [0.717, 1.165) is 11.3 Å². The number of phenolic OH excluding ortho intramolecular Hbond substituents is 1. The Balaban J connectivity index is 2.48. The lowest BCUT2D eigenvalue weighted by Crippen LogP contribution is -2.26. The van der Waals surface area contributed by atoms with Crippen LogP contribution in [0.1, 0.15) is 19.4 Å². The first-order valence-electron chi connectivity index (χ1n) is 5.28. The van der Waals surface area contributed by atoms with Crippen LogP contribution in [0.5, 0.6) is 5.75 Å². The molecule has 0 unspecified atom stereocenters. The summed E-state index contributed by atoms with van der Waals surface area (Å²) in [6.45, 7) is 3.14. The van der Waals surface area contributed by atoms with Crippen LogP contribution in [0, 0.1) is 5.41 Å². The number of hydrogen-bond acceptors (Lipinski definition) is 5. The minimum Gasteiger partial charge on any atom is -0.508 e. The summed E-state index contributed by atoms with van der Waals surface area (Å²) in [4.78, 5) is 21.7. The number of aromatic hydroxyl groups is 1. The van der Waals surface area contributed by atoms with Gasteiger partial charge in [0.1, 0.15) is 11.3 Å². The van der Waals surface area contributed by atoms with Gasteiger partial charge in [-0.1, -0.05) is 11.3 Å². The number of carboxylic acid groups (broad SMARTS) is 1. The van der Waals surface area contributed by atoms with E-state index in [9.17, 15) is 14.7 Å². The van der Waals surface area contributed by atoms with Gasteiger partial charge in [-0.3, -0.25) is 4.79 Å². The van der Waals surface area contributed by atoms with Crippen LogP contribution in [0.25, 0.3) is 10.3 Å². The number of benzene rings is 1. The average Bonchev–Trinajstić information content (AvgIpc) is 2.57. The van der Waals surface area contributed by atoms with Crippen molar-refractivity contribution in [2.45, 2.75) is 20.3 Å². The molecular formula is C12H12O5S. The fourth-order valence-electron chi connectivity index (χ4n) is 1.64. The van der Waals surface area contributed by atoms with Gasteiger partial charge in [-0.15, -0.1) is 0 Å². The molecule has 0 saturated carbocycles. The van der Waals surface area contributed by atoms with Gasteiger partial charge in [0.2, 0.25) is 0 Å². The zero-order valence-corrected chi connectivity index (χ0v) is 10.7. The molecule has 5 nitrogen and oxygen atoms in total. The first-order valence-corrected chi connectivity index (χ1v) is 6.10. The number of aliphatic carboxylic acids is 1. The van der Waals surface area contributed by atoms with E-state index in [1.807, 2.05) is 0 Å². The molecule has 1 heterocycles. The number of rotatable bonds is 3. The second kappa shape index (κ2) is 4.13. The zero-order valence-electron chi connectivity index (χ0n) is 9.89. The molecule has 96 valence electrons. The highest BCUT2D eigenvalue weighted by atomic mass is 32.1. The number of hydrogen-bond donors (Lipinski definition) is 2. The molecule has 0 bridgehead atoms. The first kappa shape index (κ1) is 12.6. The van der Waals surface area contributed by atoms with Gasteiger partial charge in [0.05, 0.1) is 10.1 Å². The van der Waals surface area contributed by atoms with E-state index >= 15 is 0 Å². The van der Waals surface area contributed by atoms with E-state index in [0.29, 0.717) is 15.8 Å². The molecule has 0 atom stereocenters. The van der Waals surface area contributed by atoms with Gasteiger partial charge in [-0.2, -0.15) is 0 Å². The van der Waals surface area contributed by atoms with Crippen LogP contribution in [0.2, 0.25) is 0 Å². The maximum Gasteiger partial charge on any atom is 0.396 e. The molecule has 0 amide bonds. The average molecular weight is 268 g/mol. The van der Waals surface area contributed by atoms with Crippen molar-refractivity contribution in [3.8, 4) is 5.75 Å². The number of carboxylic acids is 1. The second-order valence-electron chi connectivity index (χ2n) is 4.75. The van der Waals surface area contributed by atoms with Crippen molar-refractivity contribution in [2.75, 3.05) is 0 Å². The third-order valence-electron chi connectivity index (χ3n) is 2.74. The zero-order chi connectivity index (χ0) is 13.5. The third kappa shape index (κ3) is 2.24. The molecule has 1 aromatic carbocycles. The second-order valence-corrected chi connectivity index (χ2v) is 5.72. The summed E-state index contributed by atoms with van der Waals surface area (Å²) >= 11 is 0.901. The molecule has 0 fully saturated rings. The number of fused-ring (bicyclic) bond motifs is 1. The summed E-state index contributed by atoms with van der Waals surface area (Å²) in [6, 6.07) is 2.95. The van der Waals surface area contributed by atoms with Gasteiger partial charge in [-0.05, 0) is 31.9 Å². The lowest BCUT2D eigenvalue weighted by Gasteiger charge is -2.19. The van der Waals surface area contributed by atoms with E-state index in [2.05, 4.69) is 0 Å². The summed E-state index contributed by atoms with van der Waals surface area (Å²) < 4.78 is 5.49. The predicted molar refractivity (Wildman–Crippen MR) is 67.1 cm³/mol. The lowest BCUT2D eigenvalue weighted by molar-refractivity contribution is -0.146. The molecule has 2 aromatic rings. The highest BCUT2D eigenvalue weighted by molar-refractivity contribution is 7.16. The van der Waals surface area contributed by atoms with Crippen molar-refractivity contribution in [2.24, 2.45) is 5.41 Å². The fourth-order valence-corrected chi connectivity index (χ4v) is 2.33. The van der Waals surface area contributed by atoms with Gasteiger partial charge in [0, 0.05) is 6.07 Å². The highest BCUT2D eigenvalue weighted by Gasteiger charge is 2.28. The molecule has 0 saturated heterocycles. The molecule has 0 aliphatic carbocycles. The Kier molecular flexibility index (Phi) is 2.90. The lowest BCUT2D eigenvalue weighted by atomic mass is 9.85. The van der Waals surface area contributed by atoms with Crippen molar-refractivity contribution >= 4 is 27.6 Å². The van der Waals surface area contributed by atoms with Gasteiger partial charge in [0.15, 0.2) is 0 Å². The van der Waals surface area contributed by atoms with Crippen LogP contribution < -0.4 is 4.94 Å². The van der Waals surface area contributed by atoms with Gasteiger partial charge < -0.3 is 14.6 Å². The highest BCUT2D eigenvalue weighted by Crippen LogP contribution is 2.32. The Labute approximate surface area is 106 Å². The fraction of sp³-hybridized carbons (Fsp3) is 0.333. The molecule has 1 aromatic heterocycles. The van der Waals surface area contributed by atoms with Crippen molar-refractivity contribution in [3.05, 3.63) is 27.4 Å². The normalized spacial score (nSPS) is 11.9. The van der Waals surface area contributed by atoms with Gasteiger partial charge in [0.25, 0.3) is 0 Å². The van der Waals surface area contributed by atoms with E-state index < -0.39 is 16.3 Å². The number of phenols is 1. The molecule has 2 rings (SSSR count). The molecular weight excluding hydrogens is 256 g/mol. The molecule has 6 heteroatoms. The molecule has 18 heavy (non-hydrogen) atoms. The van der Waals surface area contributed by atoms with Crippen molar-refractivity contribution in [3.63, 3.8) is 0 Å². The number of carbonyl (C=O) groups is 1. The smallest absolute Gasteiger partial charge is 0.396 e. The van der Waals surface area contributed by atoms with E-state index in [-0.39, 0.29) is 12.2 Å². The van der Waals surface area contributed by atoms with Crippen LogP contribution in [-0.4, -0.2) is 16.2 Å². The van der Waals surface area contributed by atoms with E-state index in [1.54, 1.807) is 13.8 Å². The minimum atomic E-state index is -0.999. The van der Waals surface area contributed by atoms with Crippen LogP contribution in [0.15, 0.2) is 21.3 Å². The van der Waals surface area contributed by atoms with Crippen molar-refractivity contribution in [1.82, 2.24) is 0 Å². The Bertz CT molecular complexity index is 665. The SMILES string of the molecule is CC(C)(Cc1cc2oc(=O)sc2cc1O)C(=O)O. The van der Waals surface area contributed by atoms with Crippen LogP contribution in [-0.2, 0) is 11.2 Å². The Morgan fingerprint density at radius 1 is 1.44 bits per heavy atom. The Morgan fingerprint density at radius 2 is 2.11 bits per heavy atom. The molecule has 0 aliphatic heterocycles. The molecule has 2 N–H and O–H groups in total. The topological polar surface area (TPSA) is 87.7 Å². The molecule has 0 aliphatic rings. The van der Waals surface area contributed by atoms with Crippen LogP contribution in [0.4, 0.5) is 0 Å². The quantitative estimate of drug-likeness (QED) is 0.891. The molecule has 0 radical (unpaired) electrons. The third-order valence-corrected chi connectivity index (χ3v) is 3.53. The minimum absolute atomic E-state index is 0.0196. The summed E-state index contributed by atoms with van der Waals surface area (Å²) in [5, 5.41) is 18.9. The Hall–Kier alpha value is -1.82. The van der Waals surface area contributed by atoms with Gasteiger partial charge in [-0.25, -0.2) is 4.79 Å². The van der Waals surface area contributed by atoms with Gasteiger partial charge >= 0.3 is 10.9 Å². The maximum atomic E-state index is 11.1. The van der Waals surface area contributed by atoms with Crippen molar-refractivity contribution in [1.29, 1.82) is 0 Å². The predicted octanol–water partition coefficient (Wildman–Crippen LogP) is 2.21. The monoisotopic (exact) mass is 268 g/mol. The van der Waals surface area contributed by atoms with Crippen LogP contribution >= 0.6 is 11.3 Å². The largest absolute Gasteiger partial charge is 0.508 e. The molecule has 0 spiro atoms. The standard InChI is InChI=1S/C12H12O5S/c1-12(2,10(14)15)5-6-3-8-9(4-7(6)13)18-11(16)17-8/h3-4,13H,5H2,1-2H3,(H,14,15). The summed E-state index contributed by atoms with van der Waals surface area (Å²) in [7, 11) is 0. The maximum absolute atomic E-state index is 11.1. The summed E-state index contributed by atoms with van der Waals surface area (Å²) in [6.07, 6.45) is 0.156. The van der Waals surface area contributed by atoms with Crippen molar-refractivity contribution < 1.29 is 19.4 Å². The van der Waals surface area contributed by atoms with Crippen LogP contribution in [0.3, 0.4) is 0 Å². The van der Waals surface area contributed by atoms with E-state index in [4.69, 9.17) is 9.52 Å².